The Kier molecular flexibility index (Phi) is 6.49. The zero-order chi connectivity index (χ0) is 28.1. The number of aryl methyl sites for hydroxylation is 2. The van der Waals surface area contributed by atoms with Gasteiger partial charge in [-0.15, -0.1) is 0 Å². The molecule has 9 nitrogen and oxygen atoms in total. The maximum Gasteiger partial charge on any atom is 0.421 e. The van der Waals surface area contributed by atoms with Crippen LogP contribution in [-0.4, -0.2) is 37.8 Å². The first-order valence-corrected chi connectivity index (χ1v) is 11.4. The lowest BCUT2D eigenvalue weighted by Gasteiger charge is -2.33. The molecule has 1 amide bonds. The van der Waals surface area contributed by atoms with Crippen molar-refractivity contribution in [3.63, 3.8) is 0 Å². The number of benzene rings is 1. The first-order chi connectivity index (χ1) is 17.8. The number of carbonyl (C=O) groups is 1. The van der Waals surface area contributed by atoms with Crippen LogP contribution in [-0.2, 0) is 12.7 Å². The number of H-pyrrole nitrogens is 1. The van der Waals surface area contributed by atoms with E-state index in [0.717, 1.165) is 6.07 Å². The molecule has 3 heterocycles. The Morgan fingerprint density at radius 3 is 2.29 bits per heavy atom. The highest BCUT2D eigenvalue weighted by atomic mass is 19.4. The van der Waals surface area contributed by atoms with Crippen LogP contribution in [0.1, 0.15) is 54.0 Å². The third kappa shape index (κ3) is 4.06. The number of nitrogens with one attached hydrogen (secondary N) is 2. The first kappa shape index (κ1) is 26.4. The molecule has 1 aliphatic rings. The number of amides is 1. The van der Waals surface area contributed by atoms with Gasteiger partial charge in [0.05, 0.1) is 40.4 Å². The number of hydrogen-bond acceptors (Lipinski definition) is 6. The lowest BCUT2D eigenvalue weighted by atomic mass is 9.79. The molecular formula is C25H22F4N8O. The molecule has 0 saturated carbocycles. The van der Waals surface area contributed by atoms with Gasteiger partial charge in [0.15, 0.2) is 5.82 Å². The highest BCUT2D eigenvalue weighted by molar-refractivity contribution is 6.07. The molecule has 2 aromatic heterocycles. The highest BCUT2D eigenvalue weighted by Gasteiger charge is 2.42. The Bertz CT molecular complexity index is 1590. The van der Waals surface area contributed by atoms with Crippen molar-refractivity contribution < 1.29 is 22.4 Å². The number of anilines is 1. The van der Waals surface area contributed by atoms with Gasteiger partial charge >= 0.3 is 6.18 Å². The van der Waals surface area contributed by atoms with Gasteiger partial charge in [0.1, 0.15) is 17.1 Å². The van der Waals surface area contributed by atoms with Crippen molar-refractivity contribution >= 4 is 22.6 Å². The van der Waals surface area contributed by atoms with Crippen LogP contribution in [0.25, 0.3) is 10.9 Å². The molecule has 0 fully saturated rings. The van der Waals surface area contributed by atoms with Gasteiger partial charge in [0, 0.05) is 35.9 Å². The van der Waals surface area contributed by atoms with Crippen LogP contribution >= 0.6 is 0 Å². The number of halogens is 4. The Balaban J connectivity index is 1.98. The summed E-state index contributed by atoms with van der Waals surface area (Å²) in [6, 6.07) is 6.46. The van der Waals surface area contributed by atoms with E-state index >= 15 is 4.39 Å². The third-order valence-electron chi connectivity index (χ3n) is 6.69. The normalized spacial score (nSPS) is 14.8. The van der Waals surface area contributed by atoms with Gasteiger partial charge in [0.2, 0.25) is 0 Å². The summed E-state index contributed by atoms with van der Waals surface area (Å²) in [6.45, 7) is 6.94. The van der Waals surface area contributed by atoms with E-state index in [1.807, 2.05) is 12.1 Å². The molecule has 0 atom stereocenters. The van der Waals surface area contributed by atoms with Gasteiger partial charge in [-0.05, 0) is 39.8 Å². The van der Waals surface area contributed by atoms with Crippen molar-refractivity contribution in [1.29, 1.82) is 10.5 Å². The number of fused-ring (bicyclic) bond motifs is 1. The van der Waals surface area contributed by atoms with Crippen molar-refractivity contribution in [3.8, 4) is 12.1 Å². The number of alkyl halides is 3. The van der Waals surface area contributed by atoms with Crippen molar-refractivity contribution in [3.05, 3.63) is 63.0 Å². The van der Waals surface area contributed by atoms with Gasteiger partial charge < -0.3 is 10.2 Å². The number of aromatic amines is 1. The average molecular weight is 526 g/mol. The second-order valence-corrected chi connectivity index (χ2v) is 8.80. The molecule has 3 aromatic rings. The summed E-state index contributed by atoms with van der Waals surface area (Å²) >= 11 is 0. The number of carbonyl (C=O) groups excluding carboxylic acids is 1. The first-order valence-electron chi connectivity index (χ1n) is 11.4. The Morgan fingerprint density at radius 1 is 1.16 bits per heavy atom. The Labute approximate surface area is 214 Å². The topological polar surface area (TPSA) is 126 Å². The number of nitriles is 2. The molecule has 1 aliphatic heterocycles. The Morgan fingerprint density at radius 2 is 1.76 bits per heavy atom. The van der Waals surface area contributed by atoms with Crippen molar-refractivity contribution in [2.75, 3.05) is 12.4 Å². The van der Waals surface area contributed by atoms with E-state index < -0.39 is 40.5 Å². The predicted molar refractivity (Wildman–Crippen MR) is 129 cm³/mol. The minimum Gasteiger partial charge on any atom is -0.350 e. The molecule has 0 unspecified atom stereocenters. The van der Waals surface area contributed by atoms with Crippen LogP contribution in [0.15, 0.2) is 34.7 Å². The summed E-state index contributed by atoms with van der Waals surface area (Å²) in [7, 11) is 1.60. The number of allylic oxidation sites excluding steroid dienone is 4. The molecule has 13 heteroatoms. The maximum absolute atomic E-state index is 15.7. The van der Waals surface area contributed by atoms with Gasteiger partial charge in [-0.2, -0.15) is 33.9 Å². The minimum absolute atomic E-state index is 0.0718. The second kappa shape index (κ2) is 9.34. The summed E-state index contributed by atoms with van der Waals surface area (Å²) in [4.78, 5) is 14.5. The molecule has 38 heavy (non-hydrogen) atoms. The lowest BCUT2D eigenvalue weighted by molar-refractivity contribution is -0.138. The summed E-state index contributed by atoms with van der Waals surface area (Å²) in [6.07, 6.45) is -5.16. The van der Waals surface area contributed by atoms with Crippen LogP contribution < -0.4 is 5.32 Å². The third-order valence-corrected chi connectivity index (χ3v) is 6.69. The standard InChI is InChI=1S/C25H22F4N8O/c1-6-37-18(7-11(2)35-37)24(38)32-23-15-8-14(21(26)20(25(27,28)29)22(15)33-34-23)19-16(9-30)12(3)36(5)13(4)17(19)10-31/h7-8,19H,6H2,1-5H3,(H2,32,33,34,38). The minimum atomic E-state index is -5.16. The van der Waals surface area contributed by atoms with E-state index in [4.69, 9.17) is 0 Å². The molecule has 0 bridgehead atoms. The van der Waals surface area contributed by atoms with Gasteiger partial charge in [0.25, 0.3) is 5.91 Å². The number of nitrogens with zero attached hydrogens (tertiary/aromatic N) is 6. The van der Waals surface area contributed by atoms with E-state index in [0.29, 0.717) is 23.6 Å². The van der Waals surface area contributed by atoms with Crippen molar-refractivity contribution in [1.82, 2.24) is 24.9 Å². The maximum atomic E-state index is 15.7. The van der Waals surface area contributed by atoms with E-state index in [2.05, 4.69) is 20.6 Å². The van der Waals surface area contributed by atoms with Crippen LogP contribution in [0.4, 0.5) is 23.4 Å². The van der Waals surface area contributed by atoms with E-state index in [-0.39, 0.29) is 28.0 Å². The fraction of sp³-hybridized carbons (Fsp3) is 0.320. The monoisotopic (exact) mass is 526 g/mol. The zero-order valence-corrected chi connectivity index (χ0v) is 21.0. The molecule has 0 spiro atoms. The SMILES string of the molecule is CCn1nc(C)cc1C(=O)Nc1n[nH]c2c(C(F)(F)F)c(F)c(C3C(C#N)=C(C)N(C)C(C)=C3C#N)cc12. The van der Waals surface area contributed by atoms with Gasteiger partial charge in [-0.1, -0.05) is 0 Å². The smallest absolute Gasteiger partial charge is 0.350 e. The van der Waals surface area contributed by atoms with Crippen LogP contribution in [0.2, 0.25) is 0 Å². The fourth-order valence-corrected chi connectivity index (χ4v) is 4.64. The average Bonchev–Trinajstić information content (AvgIpc) is 3.43. The van der Waals surface area contributed by atoms with Crippen LogP contribution in [0, 0.1) is 35.4 Å². The number of rotatable bonds is 4. The lowest BCUT2D eigenvalue weighted by Crippen LogP contribution is -2.26. The largest absolute Gasteiger partial charge is 0.421 e. The Hall–Kier alpha value is -4.65. The summed E-state index contributed by atoms with van der Waals surface area (Å²) in [5, 5.41) is 32.2. The van der Waals surface area contributed by atoms with E-state index in [9.17, 15) is 28.5 Å². The molecule has 196 valence electrons. The van der Waals surface area contributed by atoms with Crippen LogP contribution in [0.3, 0.4) is 0 Å². The summed E-state index contributed by atoms with van der Waals surface area (Å²) < 4.78 is 59.7. The van der Waals surface area contributed by atoms with Crippen molar-refractivity contribution in [2.45, 2.75) is 46.3 Å². The van der Waals surface area contributed by atoms with E-state index in [1.165, 1.54) is 10.7 Å². The predicted octanol–water partition coefficient (Wildman–Crippen LogP) is 5.12. The second-order valence-electron chi connectivity index (χ2n) is 8.80. The van der Waals surface area contributed by atoms with E-state index in [1.54, 1.807) is 39.6 Å². The van der Waals surface area contributed by atoms with Crippen LogP contribution in [0.5, 0.6) is 0 Å². The number of hydrogen-bond donors (Lipinski definition) is 2. The van der Waals surface area contributed by atoms with Gasteiger partial charge in [-0.25, -0.2) is 4.39 Å². The molecule has 0 radical (unpaired) electrons. The summed E-state index contributed by atoms with van der Waals surface area (Å²) in [5.41, 5.74) is -1.54. The number of aromatic nitrogens is 4. The zero-order valence-electron chi connectivity index (χ0n) is 21.0. The fourth-order valence-electron chi connectivity index (χ4n) is 4.64. The molecule has 4 rings (SSSR count). The molecule has 0 aliphatic carbocycles. The molecule has 1 aromatic carbocycles. The van der Waals surface area contributed by atoms with Crippen molar-refractivity contribution in [2.24, 2.45) is 0 Å². The molecular weight excluding hydrogens is 504 g/mol. The molecule has 2 N–H and O–H groups in total. The van der Waals surface area contributed by atoms with Gasteiger partial charge in [-0.3, -0.25) is 14.6 Å². The summed E-state index contributed by atoms with van der Waals surface area (Å²) in [5.74, 6) is -3.98. The highest BCUT2D eigenvalue weighted by Crippen LogP contribution is 2.46. The quantitative estimate of drug-likeness (QED) is 0.455. The molecule has 0 saturated heterocycles.